The van der Waals surface area contributed by atoms with Crippen LogP contribution in [0.2, 0.25) is 0 Å². The zero-order chi connectivity index (χ0) is 13.2. The minimum Gasteiger partial charge on any atom is -0.315 e. The van der Waals surface area contributed by atoms with Crippen LogP contribution in [0.3, 0.4) is 0 Å². The van der Waals surface area contributed by atoms with Crippen molar-refractivity contribution in [3.63, 3.8) is 0 Å². The van der Waals surface area contributed by atoms with Gasteiger partial charge < -0.3 is 4.57 Å². The van der Waals surface area contributed by atoms with Crippen LogP contribution in [0.4, 0.5) is 0 Å². The van der Waals surface area contributed by atoms with Crippen molar-refractivity contribution in [2.45, 2.75) is 45.7 Å². The second kappa shape index (κ2) is 5.41. The second-order valence-corrected chi connectivity index (χ2v) is 5.89. The summed E-state index contributed by atoms with van der Waals surface area (Å²) in [6.07, 6.45) is 5.97. The van der Waals surface area contributed by atoms with Crippen LogP contribution in [-0.2, 0) is 17.9 Å². The van der Waals surface area contributed by atoms with E-state index in [0.717, 1.165) is 57.2 Å². The normalized spacial score (nSPS) is 28.4. The zero-order valence-electron chi connectivity index (χ0n) is 11.6. The highest BCUT2D eigenvalue weighted by molar-refractivity contribution is 5.81. The van der Waals surface area contributed by atoms with Crippen LogP contribution >= 0.6 is 0 Å². The van der Waals surface area contributed by atoms with Gasteiger partial charge in [0, 0.05) is 32.0 Å². The third-order valence-corrected chi connectivity index (χ3v) is 4.65. The average molecular weight is 262 g/mol. The summed E-state index contributed by atoms with van der Waals surface area (Å²) in [5.74, 6) is 2.49. The van der Waals surface area contributed by atoms with Crippen LogP contribution in [0.25, 0.3) is 0 Å². The monoisotopic (exact) mass is 262 g/mol. The van der Waals surface area contributed by atoms with Crippen LogP contribution in [-0.4, -0.2) is 38.5 Å². The molecule has 0 spiro atoms. The summed E-state index contributed by atoms with van der Waals surface area (Å²) in [5.41, 5.74) is 0. The van der Waals surface area contributed by atoms with Gasteiger partial charge in [0.25, 0.3) is 0 Å². The SMILES string of the molecule is CCC1CCC(=O)C(CN2CCn3cnnc3C2)C1. The molecule has 0 saturated heterocycles. The largest absolute Gasteiger partial charge is 0.315 e. The third kappa shape index (κ3) is 2.71. The van der Waals surface area contributed by atoms with E-state index in [1.807, 2.05) is 0 Å². The molecular weight excluding hydrogens is 240 g/mol. The first-order valence-corrected chi connectivity index (χ1v) is 7.38. The molecule has 5 nitrogen and oxygen atoms in total. The molecule has 2 unspecified atom stereocenters. The summed E-state index contributed by atoms with van der Waals surface area (Å²) in [7, 11) is 0. The van der Waals surface area contributed by atoms with Crippen LogP contribution in [0.1, 0.15) is 38.4 Å². The lowest BCUT2D eigenvalue weighted by atomic mass is 9.79. The summed E-state index contributed by atoms with van der Waals surface area (Å²) < 4.78 is 2.11. The van der Waals surface area contributed by atoms with Crippen LogP contribution in [0.5, 0.6) is 0 Å². The van der Waals surface area contributed by atoms with E-state index in [9.17, 15) is 4.79 Å². The van der Waals surface area contributed by atoms with Crippen molar-refractivity contribution in [2.75, 3.05) is 13.1 Å². The topological polar surface area (TPSA) is 51.0 Å². The molecule has 1 aromatic rings. The predicted molar refractivity (Wildman–Crippen MR) is 71.4 cm³/mol. The Balaban J connectivity index is 1.60. The summed E-state index contributed by atoms with van der Waals surface area (Å²) in [6.45, 7) is 5.93. The lowest BCUT2D eigenvalue weighted by Gasteiger charge is -2.33. The van der Waals surface area contributed by atoms with Gasteiger partial charge in [-0.1, -0.05) is 13.3 Å². The molecule has 104 valence electrons. The smallest absolute Gasteiger partial charge is 0.147 e. The molecule has 2 heterocycles. The molecule has 1 aliphatic heterocycles. The van der Waals surface area contributed by atoms with Gasteiger partial charge in [-0.3, -0.25) is 9.69 Å². The van der Waals surface area contributed by atoms with Gasteiger partial charge >= 0.3 is 0 Å². The first-order valence-electron chi connectivity index (χ1n) is 7.38. The Bertz CT molecular complexity index is 456. The summed E-state index contributed by atoms with van der Waals surface area (Å²) in [4.78, 5) is 14.4. The molecule has 1 fully saturated rings. The maximum atomic E-state index is 12.1. The number of nitrogens with zero attached hydrogens (tertiary/aromatic N) is 4. The molecule has 1 aromatic heterocycles. The van der Waals surface area contributed by atoms with E-state index in [4.69, 9.17) is 0 Å². The highest BCUT2D eigenvalue weighted by Crippen LogP contribution is 2.29. The molecule has 0 bridgehead atoms. The predicted octanol–water partition coefficient (Wildman–Crippen LogP) is 1.49. The number of rotatable bonds is 3. The van der Waals surface area contributed by atoms with Crippen molar-refractivity contribution < 1.29 is 4.79 Å². The quantitative estimate of drug-likeness (QED) is 0.828. The van der Waals surface area contributed by atoms with Gasteiger partial charge in [0.05, 0.1) is 6.54 Å². The van der Waals surface area contributed by atoms with Gasteiger partial charge in [0.1, 0.15) is 17.9 Å². The number of carbonyl (C=O) groups excluding carboxylic acids is 1. The number of hydrogen-bond donors (Lipinski definition) is 0. The Kier molecular flexibility index (Phi) is 3.64. The maximum absolute atomic E-state index is 12.1. The van der Waals surface area contributed by atoms with Crippen LogP contribution < -0.4 is 0 Å². The Morgan fingerprint density at radius 3 is 3.16 bits per heavy atom. The Morgan fingerprint density at radius 2 is 2.32 bits per heavy atom. The van der Waals surface area contributed by atoms with E-state index in [1.54, 1.807) is 6.33 Å². The van der Waals surface area contributed by atoms with E-state index in [-0.39, 0.29) is 5.92 Å². The van der Waals surface area contributed by atoms with E-state index < -0.39 is 0 Å². The van der Waals surface area contributed by atoms with Gasteiger partial charge in [-0.15, -0.1) is 10.2 Å². The van der Waals surface area contributed by atoms with Crippen molar-refractivity contribution in [1.29, 1.82) is 0 Å². The molecule has 1 saturated carbocycles. The fourth-order valence-corrected chi connectivity index (χ4v) is 3.33. The zero-order valence-corrected chi connectivity index (χ0v) is 11.6. The van der Waals surface area contributed by atoms with Crippen molar-refractivity contribution in [2.24, 2.45) is 11.8 Å². The molecule has 5 heteroatoms. The molecule has 0 aromatic carbocycles. The first-order chi connectivity index (χ1) is 9.26. The van der Waals surface area contributed by atoms with Gasteiger partial charge in [0.15, 0.2) is 0 Å². The number of hydrogen-bond acceptors (Lipinski definition) is 4. The van der Waals surface area contributed by atoms with Crippen LogP contribution in [0, 0.1) is 11.8 Å². The number of ketones is 1. The maximum Gasteiger partial charge on any atom is 0.147 e. The second-order valence-electron chi connectivity index (χ2n) is 5.89. The van der Waals surface area contributed by atoms with Gasteiger partial charge in [0.2, 0.25) is 0 Å². The number of carbonyl (C=O) groups is 1. The number of fused-ring (bicyclic) bond motifs is 1. The molecule has 1 aliphatic carbocycles. The molecule has 3 rings (SSSR count). The van der Waals surface area contributed by atoms with E-state index >= 15 is 0 Å². The lowest BCUT2D eigenvalue weighted by molar-refractivity contribution is -0.126. The van der Waals surface area contributed by atoms with Crippen LogP contribution in [0.15, 0.2) is 6.33 Å². The highest BCUT2D eigenvalue weighted by Gasteiger charge is 2.30. The van der Waals surface area contributed by atoms with E-state index in [2.05, 4.69) is 26.6 Å². The molecule has 19 heavy (non-hydrogen) atoms. The van der Waals surface area contributed by atoms with Gasteiger partial charge in [-0.05, 0) is 18.8 Å². The highest BCUT2D eigenvalue weighted by atomic mass is 16.1. The van der Waals surface area contributed by atoms with Crippen molar-refractivity contribution >= 4 is 5.78 Å². The molecule has 0 N–H and O–H groups in total. The summed E-state index contributed by atoms with van der Waals surface area (Å²) in [6, 6.07) is 0. The number of aromatic nitrogens is 3. The minimum absolute atomic E-state index is 0.244. The standard InChI is InChI=1S/C14H22N4O/c1-2-11-3-4-13(19)12(7-11)8-17-5-6-18-10-15-16-14(18)9-17/h10-12H,2-9H2,1H3. The Labute approximate surface area is 114 Å². The number of Topliss-reactive ketones (excluding diaryl/α,β-unsaturated/α-hetero) is 1. The van der Waals surface area contributed by atoms with E-state index in [0.29, 0.717) is 5.78 Å². The molecule has 2 atom stereocenters. The molecule has 0 radical (unpaired) electrons. The van der Waals surface area contributed by atoms with Crippen molar-refractivity contribution in [3.05, 3.63) is 12.2 Å². The van der Waals surface area contributed by atoms with E-state index in [1.165, 1.54) is 6.42 Å². The summed E-state index contributed by atoms with van der Waals surface area (Å²) >= 11 is 0. The van der Waals surface area contributed by atoms with Crippen molar-refractivity contribution in [1.82, 2.24) is 19.7 Å². The molecular formula is C14H22N4O. The first kappa shape index (κ1) is 12.8. The molecule has 2 aliphatic rings. The lowest BCUT2D eigenvalue weighted by Crippen LogP contribution is -2.40. The van der Waals surface area contributed by atoms with Gasteiger partial charge in [-0.2, -0.15) is 0 Å². The van der Waals surface area contributed by atoms with Gasteiger partial charge in [-0.25, -0.2) is 0 Å². The Hall–Kier alpha value is -1.23. The fraction of sp³-hybridized carbons (Fsp3) is 0.786. The fourth-order valence-electron chi connectivity index (χ4n) is 3.33. The minimum atomic E-state index is 0.244. The summed E-state index contributed by atoms with van der Waals surface area (Å²) in [5, 5.41) is 8.08. The average Bonchev–Trinajstić information content (AvgIpc) is 2.89. The third-order valence-electron chi connectivity index (χ3n) is 4.65. The molecule has 0 amide bonds. The Morgan fingerprint density at radius 1 is 1.42 bits per heavy atom. The van der Waals surface area contributed by atoms with Crippen molar-refractivity contribution in [3.8, 4) is 0 Å².